The molecule has 2 atom stereocenters. The van der Waals surface area contributed by atoms with Gasteiger partial charge in [-0.25, -0.2) is 4.68 Å². The predicted molar refractivity (Wildman–Crippen MR) is 88.1 cm³/mol. The van der Waals surface area contributed by atoms with E-state index in [9.17, 15) is 4.79 Å². The maximum absolute atomic E-state index is 12.6. The first-order valence-corrected chi connectivity index (χ1v) is 7.76. The quantitative estimate of drug-likeness (QED) is 0.508. The Morgan fingerprint density at radius 2 is 2.21 bits per heavy atom. The van der Waals surface area contributed by atoms with E-state index in [1.165, 1.54) is 11.0 Å². The summed E-state index contributed by atoms with van der Waals surface area (Å²) in [6.07, 6.45) is 2.18. The minimum atomic E-state index is -0.242. The second-order valence-electron chi connectivity index (χ2n) is 6.70. The molecule has 2 aromatic rings. The van der Waals surface area contributed by atoms with Gasteiger partial charge in [0.15, 0.2) is 0 Å². The average Bonchev–Trinajstić information content (AvgIpc) is 3.08. The van der Waals surface area contributed by atoms with Crippen LogP contribution in [-0.2, 0) is 4.79 Å². The van der Waals surface area contributed by atoms with Crippen molar-refractivity contribution in [2.24, 2.45) is 22.4 Å². The molecule has 24 heavy (non-hydrogen) atoms. The standard InChI is InChI=1S/C16H20N6O2/c1-10(19-24)13-8-14(16(13,2)3)15(23)18-11-5-4-6-12(7-11)22-9-17-20-21-22/h4-7,9,13-14,24H,8H2,1-3H3,(H,18,23)/b19-10+. The number of nitrogens with one attached hydrogen (secondary N) is 1. The highest BCUT2D eigenvalue weighted by molar-refractivity contribution is 5.96. The molecular weight excluding hydrogens is 308 g/mol. The molecular formula is C16H20N6O2. The van der Waals surface area contributed by atoms with Gasteiger partial charge in [0, 0.05) is 17.5 Å². The molecule has 0 spiro atoms. The second-order valence-corrected chi connectivity index (χ2v) is 6.70. The molecule has 0 radical (unpaired) electrons. The summed E-state index contributed by atoms with van der Waals surface area (Å²) in [5.74, 6) is -0.0439. The van der Waals surface area contributed by atoms with Crippen molar-refractivity contribution in [3.8, 4) is 5.69 Å². The van der Waals surface area contributed by atoms with Crippen molar-refractivity contribution in [3.05, 3.63) is 30.6 Å². The van der Waals surface area contributed by atoms with Crippen molar-refractivity contribution in [2.45, 2.75) is 27.2 Å². The molecule has 126 valence electrons. The molecule has 0 saturated heterocycles. The Kier molecular flexibility index (Phi) is 4.04. The van der Waals surface area contributed by atoms with Crippen LogP contribution in [0.1, 0.15) is 27.2 Å². The number of carbonyl (C=O) groups excluding carboxylic acids is 1. The third-order valence-electron chi connectivity index (χ3n) is 4.97. The average molecular weight is 328 g/mol. The molecule has 1 saturated carbocycles. The summed E-state index contributed by atoms with van der Waals surface area (Å²) in [4.78, 5) is 12.6. The summed E-state index contributed by atoms with van der Waals surface area (Å²) in [5.41, 5.74) is 1.89. The highest BCUT2D eigenvalue weighted by Crippen LogP contribution is 2.52. The van der Waals surface area contributed by atoms with E-state index in [1.807, 2.05) is 38.1 Å². The minimum Gasteiger partial charge on any atom is -0.411 e. The number of benzene rings is 1. The number of anilines is 1. The number of tetrazole rings is 1. The number of hydrogen-bond donors (Lipinski definition) is 2. The van der Waals surface area contributed by atoms with Gasteiger partial charge in [-0.15, -0.1) is 5.10 Å². The summed E-state index contributed by atoms with van der Waals surface area (Å²) in [6, 6.07) is 7.34. The molecule has 1 aromatic carbocycles. The van der Waals surface area contributed by atoms with Crippen molar-refractivity contribution in [3.63, 3.8) is 0 Å². The van der Waals surface area contributed by atoms with Gasteiger partial charge >= 0.3 is 0 Å². The molecule has 3 rings (SSSR count). The van der Waals surface area contributed by atoms with Gasteiger partial charge in [-0.05, 0) is 47.4 Å². The monoisotopic (exact) mass is 328 g/mol. The zero-order chi connectivity index (χ0) is 17.3. The lowest BCUT2D eigenvalue weighted by Gasteiger charge is -2.50. The van der Waals surface area contributed by atoms with Gasteiger partial charge in [0.05, 0.1) is 11.4 Å². The van der Waals surface area contributed by atoms with E-state index in [-0.39, 0.29) is 23.2 Å². The van der Waals surface area contributed by atoms with Crippen LogP contribution in [0.4, 0.5) is 5.69 Å². The molecule has 0 aliphatic heterocycles. The summed E-state index contributed by atoms with van der Waals surface area (Å²) in [6.45, 7) is 5.84. The third-order valence-corrected chi connectivity index (χ3v) is 4.97. The Labute approximate surface area is 139 Å². The van der Waals surface area contributed by atoms with Gasteiger partial charge in [0.2, 0.25) is 5.91 Å². The minimum absolute atomic E-state index is 0.0316. The fourth-order valence-electron chi connectivity index (χ4n) is 3.38. The molecule has 1 aliphatic rings. The number of aromatic nitrogens is 4. The maximum atomic E-state index is 12.6. The van der Waals surface area contributed by atoms with Crippen LogP contribution in [-0.4, -0.2) is 37.0 Å². The number of rotatable bonds is 4. The Morgan fingerprint density at radius 3 is 2.83 bits per heavy atom. The van der Waals surface area contributed by atoms with Gasteiger partial charge in [0.25, 0.3) is 0 Å². The van der Waals surface area contributed by atoms with E-state index in [0.29, 0.717) is 17.8 Å². The molecule has 2 N–H and O–H groups in total. The fraction of sp³-hybridized carbons (Fsp3) is 0.438. The Hall–Kier alpha value is -2.77. The third kappa shape index (κ3) is 2.75. The lowest BCUT2D eigenvalue weighted by molar-refractivity contribution is -0.131. The molecule has 8 nitrogen and oxygen atoms in total. The number of carbonyl (C=O) groups is 1. The van der Waals surface area contributed by atoms with Crippen LogP contribution in [0.5, 0.6) is 0 Å². The smallest absolute Gasteiger partial charge is 0.228 e. The number of nitrogens with zero attached hydrogens (tertiary/aromatic N) is 5. The van der Waals surface area contributed by atoms with Gasteiger partial charge in [-0.2, -0.15) is 0 Å². The van der Waals surface area contributed by atoms with Crippen LogP contribution in [0.3, 0.4) is 0 Å². The largest absolute Gasteiger partial charge is 0.411 e. The Morgan fingerprint density at radius 1 is 1.42 bits per heavy atom. The summed E-state index contributed by atoms with van der Waals surface area (Å²) in [5, 5.41) is 26.2. The number of oxime groups is 1. The normalized spacial score (nSPS) is 22.7. The van der Waals surface area contributed by atoms with Crippen molar-refractivity contribution >= 4 is 17.3 Å². The van der Waals surface area contributed by atoms with Gasteiger partial charge < -0.3 is 10.5 Å². The van der Waals surface area contributed by atoms with Gasteiger partial charge in [-0.3, -0.25) is 4.79 Å². The van der Waals surface area contributed by atoms with E-state index < -0.39 is 0 Å². The predicted octanol–water partition coefficient (Wildman–Crippen LogP) is 2.11. The van der Waals surface area contributed by atoms with Crippen LogP contribution in [0.2, 0.25) is 0 Å². The van der Waals surface area contributed by atoms with Crippen molar-refractivity contribution in [1.82, 2.24) is 20.2 Å². The van der Waals surface area contributed by atoms with E-state index in [2.05, 4.69) is 26.0 Å². The zero-order valence-corrected chi connectivity index (χ0v) is 13.8. The molecule has 0 bridgehead atoms. The highest BCUT2D eigenvalue weighted by Gasteiger charge is 2.52. The van der Waals surface area contributed by atoms with Crippen LogP contribution in [0, 0.1) is 17.3 Å². The molecule has 1 fully saturated rings. The topological polar surface area (TPSA) is 105 Å². The lowest BCUT2D eigenvalue weighted by Crippen LogP contribution is -2.53. The fourth-order valence-corrected chi connectivity index (χ4v) is 3.38. The highest BCUT2D eigenvalue weighted by atomic mass is 16.4. The maximum Gasteiger partial charge on any atom is 0.228 e. The first-order chi connectivity index (χ1) is 11.4. The lowest BCUT2D eigenvalue weighted by atomic mass is 9.53. The van der Waals surface area contributed by atoms with Crippen LogP contribution in [0.25, 0.3) is 5.69 Å². The van der Waals surface area contributed by atoms with Crippen molar-refractivity contribution in [1.29, 1.82) is 0 Å². The Bertz CT molecular complexity index is 769. The first-order valence-electron chi connectivity index (χ1n) is 7.76. The van der Waals surface area contributed by atoms with Gasteiger partial charge in [-0.1, -0.05) is 25.1 Å². The molecule has 1 aliphatic carbocycles. The van der Waals surface area contributed by atoms with Crippen LogP contribution >= 0.6 is 0 Å². The van der Waals surface area contributed by atoms with E-state index in [1.54, 1.807) is 6.92 Å². The molecule has 8 heteroatoms. The molecule has 1 amide bonds. The summed E-state index contributed by atoms with van der Waals surface area (Å²) < 4.78 is 1.53. The molecule has 1 heterocycles. The van der Waals surface area contributed by atoms with Crippen molar-refractivity contribution in [2.75, 3.05) is 5.32 Å². The number of amides is 1. The summed E-state index contributed by atoms with van der Waals surface area (Å²) >= 11 is 0. The number of hydrogen-bond acceptors (Lipinski definition) is 6. The zero-order valence-electron chi connectivity index (χ0n) is 13.8. The molecule has 2 unspecified atom stereocenters. The SMILES string of the molecule is C/C(=N\O)C1CC(C(=O)Nc2cccc(-n3cnnn3)c2)C1(C)C. The molecule has 1 aromatic heterocycles. The summed E-state index contributed by atoms with van der Waals surface area (Å²) in [7, 11) is 0. The van der Waals surface area contributed by atoms with Crippen molar-refractivity contribution < 1.29 is 10.0 Å². The second kappa shape index (κ2) is 6.03. The van der Waals surface area contributed by atoms with E-state index in [0.717, 1.165) is 5.69 Å². The van der Waals surface area contributed by atoms with Gasteiger partial charge in [0.1, 0.15) is 6.33 Å². The van der Waals surface area contributed by atoms with E-state index in [4.69, 9.17) is 5.21 Å². The van der Waals surface area contributed by atoms with Crippen LogP contribution < -0.4 is 5.32 Å². The Balaban J connectivity index is 1.71. The van der Waals surface area contributed by atoms with E-state index >= 15 is 0 Å². The van der Waals surface area contributed by atoms with Crippen LogP contribution in [0.15, 0.2) is 35.7 Å². The first kappa shape index (κ1) is 16.1.